The Balaban J connectivity index is 2.59. The number of carbonyl (C=O) groups is 1. The highest BCUT2D eigenvalue weighted by Gasteiger charge is 2.06. The second-order valence-electron chi connectivity index (χ2n) is 4.21. The number of carbonyl (C=O) groups excluding carboxylic acids is 1. The van der Waals surface area contributed by atoms with E-state index in [0.717, 1.165) is 10.9 Å². The maximum atomic E-state index is 11.6. The molecular weight excluding hydrogens is 268 g/mol. The van der Waals surface area contributed by atoms with Crippen LogP contribution in [0, 0.1) is 5.92 Å². The summed E-state index contributed by atoms with van der Waals surface area (Å²) in [6, 6.07) is 5.42. The SMILES string of the molecule is CC(C)CCC(=O)Nc1cc(Br)ccc1N. The maximum absolute atomic E-state index is 11.6. The molecule has 0 atom stereocenters. The predicted molar refractivity (Wildman–Crippen MR) is 71.3 cm³/mol. The first kappa shape index (κ1) is 13.0. The van der Waals surface area contributed by atoms with Crippen LogP contribution in [0.25, 0.3) is 0 Å². The highest BCUT2D eigenvalue weighted by atomic mass is 79.9. The van der Waals surface area contributed by atoms with Gasteiger partial charge in [0.25, 0.3) is 0 Å². The molecule has 3 nitrogen and oxygen atoms in total. The molecule has 1 aromatic rings. The van der Waals surface area contributed by atoms with Gasteiger partial charge in [0.2, 0.25) is 5.91 Å². The summed E-state index contributed by atoms with van der Waals surface area (Å²) >= 11 is 3.34. The van der Waals surface area contributed by atoms with Gasteiger partial charge in [-0.3, -0.25) is 4.79 Å². The number of amides is 1. The van der Waals surface area contributed by atoms with E-state index in [2.05, 4.69) is 35.1 Å². The molecule has 0 saturated carbocycles. The summed E-state index contributed by atoms with van der Waals surface area (Å²) in [4.78, 5) is 11.6. The lowest BCUT2D eigenvalue weighted by Gasteiger charge is -2.09. The Hall–Kier alpha value is -1.03. The van der Waals surface area contributed by atoms with Crippen molar-refractivity contribution in [1.29, 1.82) is 0 Å². The normalized spacial score (nSPS) is 10.5. The molecule has 1 rings (SSSR count). The summed E-state index contributed by atoms with van der Waals surface area (Å²) in [7, 11) is 0. The molecule has 0 spiro atoms. The molecule has 0 radical (unpaired) electrons. The first-order valence-electron chi connectivity index (χ1n) is 5.34. The quantitative estimate of drug-likeness (QED) is 0.833. The van der Waals surface area contributed by atoms with Crippen LogP contribution in [0.4, 0.5) is 11.4 Å². The molecule has 4 heteroatoms. The van der Waals surface area contributed by atoms with E-state index in [1.54, 1.807) is 6.07 Å². The molecule has 0 unspecified atom stereocenters. The van der Waals surface area contributed by atoms with Crippen molar-refractivity contribution in [3.05, 3.63) is 22.7 Å². The topological polar surface area (TPSA) is 55.1 Å². The maximum Gasteiger partial charge on any atom is 0.224 e. The van der Waals surface area contributed by atoms with Crippen molar-refractivity contribution in [3.8, 4) is 0 Å². The minimum absolute atomic E-state index is 0.0125. The molecular formula is C12H17BrN2O. The minimum atomic E-state index is 0.0125. The molecule has 1 aromatic carbocycles. The van der Waals surface area contributed by atoms with E-state index in [0.29, 0.717) is 23.7 Å². The number of hydrogen-bond acceptors (Lipinski definition) is 2. The van der Waals surface area contributed by atoms with Crippen LogP contribution in [0.2, 0.25) is 0 Å². The van der Waals surface area contributed by atoms with Crippen LogP contribution in [0.1, 0.15) is 26.7 Å². The molecule has 88 valence electrons. The number of nitrogens with two attached hydrogens (primary N) is 1. The average molecular weight is 285 g/mol. The van der Waals surface area contributed by atoms with Gasteiger partial charge in [0.1, 0.15) is 0 Å². The fraction of sp³-hybridized carbons (Fsp3) is 0.417. The third-order valence-electron chi connectivity index (χ3n) is 2.24. The van der Waals surface area contributed by atoms with Crippen LogP contribution in [0.5, 0.6) is 0 Å². The van der Waals surface area contributed by atoms with Crippen molar-refractivity contribution in [3.63, 3.8) is 0 Å². The lowest BCUT2D eigenvalue weighted by molar-refractivity contribution is -0.116. The Morgan fingerprint density at radius 2 is 2.19 bits per heavy atom. The van der Waals surface area contributed by atoms with E-state index >= 15 is 0 Å². The molecule has 3 N–H and O–H groups in total. The van der Waals surface area contributed by atoms with Gasteiger partial charge in [-0.25, -0.2) is 0 Å². The van der Waals surface area contributed by atoms with Crippen molar-refractivity contribution in [1.82, 2.24) is 0 Å². The summed E-state index contributed by atoms with van der Waals surface area (Å²) in [6.07, 6.45) is 1.42. The minimum Gasteiger partial charge on any atom is -0.397 e. The first-order valence-corrected chi connectivity index (χ1v) is 6.13. The number of nitrogen functional groups attached to an aromatic ring is 1. The standard InChI is InChI=1S/C12H17BrN2O/c1-8(2)3-6-12(16)15-11-7-9(13)4-5-10(11)14/h4-5,7-8H,3,6,14H2,1-2H3,(H,15,16). The molecule has 0 saturated heterocycles. The number of halogens is 1. The third-order valence-corrected chi connectivity index (χ3v) is 2.73. The van der Waals surface area contributed by atoms with Gasteiger partial charge in [0.15, 0.2) is 0 Å². The van der Waals surface area contributed by atoms with Gasteiger partial charge in [-0.1, -0.05) is 29.8 Å². The Morgan fingerprint density at radius 1 is 1.50 bits per heavy atom. The smallest absolute Gasteiger partial charge is 0.224 e. The summed E-state index contributed by atoms with van der Waals surface area (Å²) in [5, 5.41) is 2.81. The number of hydrogen-bond donors (Lipinski definition) is 2. The van der Waals surface area contributed by atoms with E-state index in [1.165, 1.54) is 0 Å². The van der Waals surface area contributed by atoms with Gasteiger partial charge in [0, 0.05) is 10.9 Å². The van der Waals surface area contributed by atoms with Gasteiger partial charge < -0.3 is 11.1 Å². The van der Waals surface area contributed by atoms with Gasteiger partial charge in [0.05, 0.1) is 11.4 Å². The van der Waals surface area contributed by atoms with Crippen molar-refractivity contribution < 1.29 is 4.79 Å². The first-order chi connectivity index (χ1) is 7.49. The zero-order valence-corrected chi connectivity index (χ0v) is 11.2. The van der Waals surface area contributed by atoms with Crippen LogP contribution in [-0.4, -0.2) is 5.91 Å². The molecule has 0 aromatic heterocycles. The molecule has 0 aliphatic heterocycles. The largest absolute Gasteiger partial charge is 0.397 e. The zero-order valence-electron chi connectivity index (χ0n) is 9.59. The molecule has 16 heavy (non-hydrogen) atoms. The highest BCUT2D eigenvalue weighted by molar-refractivity contribution is 9.10. The number of anilines is 2. The van der Waals surface area contributed by atoms with Gasteiger partial charge in [-0.05, 0) is 30.5 Å². The third kappa shape index (κ3) is 4.23. The average Bonchev–Trinajstić information content (AvgIpc) is 2.20. The number of benzene rings is 1. The van der Waals surface area contributed by atoms with Crippen LogP contribution >= 0.6 is 15.9 Å². The molecule has 0 aliphatic rings. The molecule has 0 heterocycles. The van der Waals surface area contributed by atoms with E-state index in [-0.39, 0.29) is 5.91 Å². The highest BCUT2D eigenvalue weighted by Crippen LogP contribution is 2.23. The summed E-state index contributed by atoms with van der Waals surface area (Å²) in [5.74, 6) is 0.545. The van der Waals surface area contributed by atoms with Crippen LogP contribution < -0.4 is 11.1 Å². The molecule has 0 fully saturated rings. The van der Waals surface area contributed by atoms with Crippen molar-refractivity contribution >= 4 is 33.2 Å². The van der Waals surface area contributed by atoms with E-state index < -0.39 is 0 Å². The lowest BCUT2D eigenvalue weighted by atomic mass is 10.1. The van der Waals surface area contributed by atoms with Crippen LogP contribution in [-0.2, 0) is 4.79 Å². The van der Waals surface area contributed by atoms with Crippen LogP contribution in [0.15, 0.2) is 22.7 Å². The van der Waals surface area contributed by atoms with Crippen molar-refractivity contribution in [2.24, 2.45) is 5.92 Å². The van der Waals surface area contributed by atoms with E-state index in [9.17, 15) is 4.79 Å². The van der Waals surface area contributed by atoms with Crippen LogP contribution in [0.3, 0.4) is 0 Å². The molecule has 0 bridgehead atoms. The Labute approximate surface area is 105 Å². The van der Waals surface area contributed by atoms with Gasteiger partial charge in [-0.15, -0.1) is 0 Å². The fourth-order valence-corrected chi connectivity index (χ4v) is 1.63. The van der Waals surface area contributed by atoms with Crippen molar-refractivity contribution in [2.75, 3.05) is 11.1 Å². The number of nitrogens with one attached hydrogen (secondary N) is 1. The Morgan fingerprint density at radius 3 is 2.81 bits per heavy atom. The molecule has 0 aliphatic carbocycles. The van der Waals surface area contributed by atoms with Crippen molar-refractivity contribution in [2.45, 2.75) is 26.7 Å². The van der Waals surface area contributed by atoms with E-state index in [1.807, 2.05) is 12.1 Å². The second kappa shape index (κ2) is 5.89. The monoisotopic (exact) mass is 284 g/mol. The Bertz CT molecular complexity index is 377. The lowest BCUT2D eigenvalue weighted by Crippen LogP contribution is -2.13. The summed E-state index contributed by atoms with van der Waals surface area (Å²) in [5.41, 5.74) is 7.01. The number of rotatable bonds is 4. The van der Waals surface area contributed by atoms with E-state index in [4.69, 9.17) is 5.73 Å². The predicted octanol–water partition coefficient (Wildman–Crippen LogP) is 3.41. The zero-order chi connectivity index (χ0) is 12.1. The fourth-order valence-electron chi connectivity index (χ4n) is 1.27. The van der Waals surface area contributed by atoms with Gasteiger partial charge in [-0.2, -0.15) is 0 Å². The summed E-state index contributed by atoms with van der Waals surface area (Å²) in [6.45, 7) is 4.20. The second-order valence-corrected chi connectivity index (χ2v) is 5.13. The summed E-state index contributed by atoms with van der Waals surface area (Å²) < 4.78 is 0.904. The molecule has 1 amide bonds. The van der Waals surface area contributed by atoms with Gasteiger partial charge >= 0.3 is 0 Å². The Kier molecular flexibility index (Phi) is 4.80.